The van der Waals surface area contributed by atoms with E-state index in [1.54, 1.807) is 50.1 Å². The van der Waals surface area contributed by atoms with E-state index in [1.165, 1.54) is 12.1 Å². The lowest BCUT2D eigenvalue weighted by molar-refractivity contribution is -0.118. The molecule has 0 unspecified atom stereocenters. The normalized spacial score (nSPS) is 14.6. The van der Waals surface area contributed by atoms with Crippen LogP contribution in [0, 0.1) is 11.8 Å². The van der Waals surface area contributed by atoms with Gasteiger partial charge in [0.1, 0.15) is 5.75 Å². The molecule has 0 spiro atoms. The first kappa shape index (κ1) is 25.5. The Bertz CT molecular complexity index is 1090. The fraction of sp³-hybridized carbons (Fsp3) is 0.417. The van der Waals surface area contributed by atoms with Gasteiger partial charge in [0.05, 0.1) is 17.7 Å². The molecule has 1 heterocycles. The molecule has 0 atom stereocenters. The number of sulfonamides is 1. The van der Waals surface area contributed by atoms with Crippen LogP contribution >= 0.6 is 0 Å². The molecule has 9 nitrogen and oxygen atoms in total. The van der Waals surface area contributed by atoms with Crippen molar-refractivity contribution in [3.63, 3.8) is 0 Å². The lowest BCUT2D eigenvalue weighted by Gasteiger charge is -2.32. The molecule has 2 aromatic carbocycles. The van der Waals surface area contributed by atoms with Gasteiger partial charge in [-0.15, -0.1) is 0 Å². The lowest BCUT2D eigenvalue weighted by Crippen LogP contribution is -2.43. The number of urea groups is 1. The van der Waals surface area contributed by atoms with E-state index in [-0.39, 0.29) is 28.7 Å². The number of nitrogens with one attached hydrogen (secondary N) is 3. The molecule has 3 amide bonds. The summed E-state index contributed by atoms with van der Waals surface area (Å²) in [5.74, 6) is 0.436. The summed E-state index contributed by atoms with van der Waals surface area (Å²) in [4.78, 5) is 26.2. The number of carbonyl (C=O) groups is 2. The largest absolute Gasteiger partial charge is 0.495 e. The van der Waals surface area contributed by atoms with E-state index in [1.807, 2.05) is 12.1 Å². The number of nitrogens with zero attached hydrogens (tertiary/aromatic N) is 1. The predicted octanol–water partition coefficient (Wildman–Crippen LogP) is 3.51. The number of methoxy groups -OCH3 is 1. The summed E-state index contributed by atoms with van der Waals surface area (Å²) in [6.07, 6.45) is 1.39. The van der Waals surface area contributed by atoms with Gasteiger partial charge in [-0.25, -0.2) is 17.9 Å². The van der Waals surface area contributed by atoms with Crippen molar-refractivity contribution in [2.75, 3.05) is 37.4 Å². The van der Waals surface area contributed by atoms with Gasteiger partial charge in [0.15, 0.2) is 0 Å². The summed E-state index contributed by atoms with van der Waals surface area (Å²) in [5.41, 5.74) is 1.16. The molecule has 0 aliphatic carbocycles. The average Bonchev–Trinajstić information content (AvgIpc) is 2.83. The minimum Gasteiger partial charge on any atom is -0.495 e. The summed E-state index contributed by atoms with van der Waals surface area (Å²) in [7, 11) is -2.12. The van der Waals surface area contributed by atoms with Gasteiger partial charge in [-0.2, -0.15) is 0 Å². The standard InChI is InChI=1S/C24H32N4O5S/c1-17(2)23(29)26-19-8-10-20(11-9-19)34(31,32)25-16-18-12-14-28(15-13-18)24(30)27-21-6-4-5-7-22(21)33-3/h4-11,17-18,25H,12-16H2,1-3H3,(H,26,29)(H,27,30). The van der Waals surface area contributed by atoms with Gasteiger partial charge in [-0.3, -0.25) is 4.79 Å². The zero-order valence-electron chi connectivity index (χ0n) is 19.7. The van der Waals surface area contributed by atoms with Gasteiger partial charge in [0.25, 0.3) is 0 Å². The van der Waals surface area contributed by atoms with Crippen molar-refractivity contribution in [1.29, 1.82) is 0 Å². The van der Waals surface area contributed by atoms with Gasteiger partial charge in [-0.05, 0) is 55.2 Å². The fourth-order valence-electron chi connectivity index (χ4n) is 3.60. The van der Waals surface area contributed by atoms with Crippen molar-refractivity contribution in [1.82, 2.24) is 9.62 Å². The third kappa shape index (κ3) is 6.71. The first-order valence-electron chi connectivity index (χ1n) is 11.3. The maximum Gasteiger partial charge on any atom is 0.321 e. The van der Waals surface area contributed by atoms with Crippen LogP contribution < -0.4 is 20.1 Å². The zero-order valence-corrected chi connectivity index (χ0v) is 20.5. The van der Waals surface area contributed by atoms with E-state index in [9.17, 15) is 18.0 Å². The molecule has 3 N–H and O–H groups in total. The molecule has 1 aliphatic heterocycles. The van der Waals surface area contributed by atoms with Crippen molar-refractivity contribution in [2.45, 2.75) is 31.6 Å². The Kier molecular flexibility index (Phi) is 8.51. The number of rotatable bonds is 8. The highest BCUT2D eigenvalue weighted by molar-refractivity contribution is 7.89. The quantitative estimate of drug-likeness (QED) is 0.526. The molecule has 0 radical (unpaired) electrons. The summed E-state index contributed by atoms with van der Waals surface area (Å²) in [5, 5.41) is 5.61. The smallest absolute Gasteiger partial charge is 0.321 e. The number of likely N-dealkylation sites (tertiary alicyclic amines) is 1. The number of anilines is 2. The lowest BCUT2D eigenvalue weighted by atomic mass is 9.97. The fourth-order valence-corrected chi connectivity index (χ4v) is 4.71. The van der Waals surface area contributed by atoms with Crippen LogP contribution in [-0.4, -0.2) is 52.0 Å². The molecule has 2 aromatic rings. The Morgan fingerprint density at radius 1 is 1.03 bits per heavy atom. The molecule has 10 heteroatoms. The third-order valence-electron chi connectivity index (χ3n) is 5.77. The highest BCUT2D eigenvalue weighted by atomic mass is 32.2. The van der Waals surface area contributed by atoms with Crippen LogP contribution in [0.1, 0.15) is 26.7 Å². The number of benzene rings is 2. The Balaban J connectivity index is 1.47. The molecule has 1 fully saturated rings. The molecule has 1 saturated heterocycles. The van der Waals surface area contributed by atoms with E-state index in [2.05, 4.69) is 15.4 Å². The minimum absolute atomic E-state index is 0.128. The molecule has 34 heavy (non-hydrogen) atoms. The number of hydrogen-bond acceptors (Lipinski definition) is 5. The maximum absolute atomic E-state index is 12.7. The second-order valence-electron chi connectivity index (χ2n) is 8.58. The van der Waals surface area contributed by atoms with Crippen molar-refractivity contribution in [3.05, 3.63) is 48.5 Å². The van der Waals surface area contributed by atoms with Crippen LogP contribution in [0.4, 0.5) is 16.2 Å². The van der Waals surface area contributed by atoms with E-state index in [4.69, 9.17) is 4.74 Å². The Morgan fingerprint density at radius 3 is 2.29 bits per heavy atom. The number of para-hydroxylation sites is 2. The topological polar surface area (TPSA) is 117 Å². The van der Waals surface area contributed by atoms with Crippen LogP contribution in [0.2, 0.25) is 0 Å². The molecular weight excluding hydrogens is 456 g/mol. The molecule has 0 aromatic heterocycles. The second-order valence-corrected chi connectivity index (χ2v) is 10.3. The Morgan fingerprint density at radius 2 is 1.68 bits per heavy atom. The van der Waals surface area contributed by atoms with Gasteiger partial charge >= 0.3 is 6.03 Å². The Labute approximate surface area is 200 Å². The van der Waals surface area contributed by atoms with Crippen molar-refractivity contribution < 1.29 is 22.7 Å². The second kappa shape index (κ2) is 11.3. The van der Waals surface area contributed by atoms with Crippen LogP contribution in [0.5, 0.6) is 5.75 Å². The number of amides is 3. The van der Waals surface area contributed by atoms with Gasteiger partial charge in [-0.1, -0.05) is 26.0 Å². The maximum atomic E-state index is 12.7. The van der Waals surface area contributed by atoms with Crippen LogP contribution in [0.3, 0.4) is 0 Å². The third-order valence-corrected chi connectivity index (χ3v) is 7.21. The molecule has 184 valence electrons. The van der Waals surface area contributed by atoms with Gasteiger partial charge < -0.3 is 20.3 Å². The summed E-state index contributed by atoms with van der Waals surface area (Å²) >= 11 is 0. The molecular formula is C24H32N4O5S. The predicted molar refractivity (Wildman–Crippen MR) is 131 cm³/mol. The number of ether oxygens (including phenoxy) is 1. The first-order chi connectivity index (χ1) is 16.2. The van der Waals surface area contributed by atoms with Crippen molar-refractivity contribution >= 4 is 33.3 Å². The summed E-state index contributed by atoms with van der Waals surface area (Å²) in [6, 6.07) is 13.1. The van der Waals surface area contributed by atoms with Crippen molar-refractivity contribution in [3.8, 4) is 5.75 Å². The highest BCUT2D eigenvalue weighted by Crippen LogP contribution is 2.25. The first-order valence-corrected chi connectivity index (χ1v) is 12.8. The molecule has 0 bridgehead atoms. The summed E-state index contributed by atoms with van der Waals surface area (Å²) in [6.45, 7) is 4.95. The molecule has 1 aliphatic rings. The Hall–Kier alpha value is -3.11. The number of hydrogen-bond donors (Lipinski definition) is 3. The minimum atomic E-state index is -3.67. The highest BCUT2D eigenvalue weighted by Gasteiger charge is 2.25. The number of carbonyl (C=O) groups excluding carboxylic acids is 2. The molecule has 3 rings (SSSR count). The van der Waals surface area contributed by atoms with Gasteiger partial charge in [0.2, 0.25) is 15.9 Å². The van der Waals surface area contributed by atoms with Crippen LogP contribution in [-0.2, 0) is 14.8 Å². The molecule has 0 saturated carbocycles. The van der Waals surface area contributed by atoms with Crippen molar-refractivity contribution in [2.24, 2.45) is 11.8 Å². The van der Waals surface area contributed by atoms with E-state index >= 15 is 0 Å². The SMILES string of the molecule is COc1ccccc1NC(=O)N1CCC(CNS(=O)(=O)c2ccc(NC(=O)C(C)C)cc2)CC1. The van der Waals surface area contributed by atoms with E-state index < -0.39 is 10.0 Å². The average molecular weight is 489 g/mol. The van der Waals surface area contributed by atoms with Gasteiger partial charge in [0, 0.05) is 31.2 Å². The number of piperidine rings is 1. The zero-order chi connectivity index (χ0) is 24.7. The van der Waals surface area contributed by atoms with E-state index in [0.29, 0.717) is 49.6 Å². The van der Waals surface area contributed by atoms with E-state index in [0.717, 1.165) is 0 Å². The monoisotopic (exact) mass is 488 g/mol. The summed E-state index contributed by atoms with van der Waals surface area (Å²) < 4.78 is 33.3. The van der Waals surface area contributed by atoms with Crippen LogP contribution in [0.25, 0.3) is 0 Å². The van der Waals surface area contributed by atoms with Crippen LogP contribution in [0.15, 0.2) is 53.4 Å².